The van der Waals surface area contributed by atoms with Crippen molar-refractivity contribution >= 4 is 50.5 Å². The van der Waals surface area contributed by atoms with Crippen molar-refractivity contribution in [3.8, 4) is 0 Å². The molecule has 0 atom stereocenters. The fourth-order valence-electron chi connectivity index (χ4n) is 3.95. The van der Waals surface area contributed by atoms with Gasteiger partial charge in [0.2, 0.25) is 5.91 Å². The molecule has 184 valence electrons. The molecule has 2 N–H and O–H groups in total. The summed E-state index contributed by atoms with van der Waals surface area (Å²) in [6, 6.07) is 17.0. The molecule has 1 amide bonds. The Balaban J connectivity index is 1.30. The van der Waals surface area contributed by atoms with Gasteiger partial charge in [-0.2, -0.15) is 0 Å². The third-order valence-electron chi connectivity index (χ3n) is 5.93. The number of piperidine rings is 1. The maximum atomic E-state index is 14.1. The van der Waals surface area contributed by atoms with Gasteiger partial charge >= 0.3 is 0 Å². The second-order valence-electron chi connectivity index (χ2n) is 8.38. The first-order valence-corrected chi connectivity index (χ1v) is 13.3. The van der Waals surface area contributed by atoms with Crippen LogP contribution in [0.3, 0.4) is 0 Å². The van der Waals surface area contributed by atoms with Gasteiger partial charge < -0.3 is 5.32 Å². The van der Waals surface area contributed by atoms with Crippen LogP contribution in [0.2, 0.25) is 10.0 Å². The number of likely N-dealkylation sites (tertiary alicyclic amines) is 1. The molecule has 1 aliphatic heterocycles. The minimum atomic E-state index is -3.78. The zero-order valence-electron chi connectivity index (χ0n) is 18.7. The number of nitrogens with zero attached hydrogens (tertiary/aromatic N) is 1. The molecule has 0 aromatic heterocycles. The number of benzene rings is 3. The van der Waals surface area contributed by atoms with Crippen molar-refractivity contribution in [3.05, 3.63) is 88.2 Å². The van der Waals surface area contributed by atoms with Gasteiger partial charge in [0.05, 0.1) is 4.90 Å². The summed E-state index contributed by atoms with van der Waals surface area (Å²) in [5, 5.41) is 3.77. The zero-order chi connectivity index (χ0) is 25.0. The van der Waals surface area contributed by atoms with Gasteiger partial charge in [0.25, 0.3) is 10.0 Å². The predicted molar refractivity (Wildman–Crippen MR) is 137 cm³/mol. The van der Waals surface area contributed by atoms with E-state index in [0.717, 1.165) is 0 Å². The Bertz CT molecular complexity index is 1270. The molecule has 10 heteroatoms. The van der Waals surface area contributed by atoms with Crippen molar-refractivity contribution in [2.24, 2.45) is 5.92 Å². The summed E-state index contributed by atoms with van der Waals surface area (Å²) in [5.74, 6) is -0.632. The number of amides is 1. The van der Waals surface area contributed by atoms with E-state index in [1.54, 1.807) is 48.5 Å². The summed E-state index contributed by atoms with van der Waals surface area (Å²) in [7, 11) is -3.78. The van der Waals surface area contributed by atoms with E-state index in [2.05, 4.69) is 14.9 Å². The molecule has 0 spiro atoms. The molecular weight excluding hydrogens is 512 g/mol. The number of rotatable bonds is 7. The molecule has 1 heterocycles. The van der Waals surface area contributed by atoms with Crippen LogP contribution < -0.4 is 10.0 Å². The first kappa shape index (κ1) is 25.4. The quantitative estimate of drug-likeness (QED) is 0.401. The summed E-state index contributed by atoms with van der Waals surface area (Å²) >= 11 is 12.0. The van der Waals surface area contributed by atoms with E-state index in [0.29, 0.717) is 59.5 Å². The molecule has 1 fully saturated rings. The molecule has 1 aliphatic rings. The number of halogens is 3. The molecular formula is C25H24Cl2FN3O3S. The van der Waals surface area contributed by atoms with E-state index >= 15 is 0 Å². The Labute approximate surface area is 214 Å². The summed E-state index contributed by atoms with van der Waals surface area (Å²) in [6.45, 7) is 1.70. The standard InChI is InChI=1S/C25H24Cl2FN3O3S/c26-18-4-6-20(7-5-18)30-35(33,34)21-10-8-19(9-11-21)29-25(32)17-12-14-31(15-13-17)16-22-23(27)2-1-3-24(22)28/h1-11,17,30H,12-16H2,(H,29,32). The van der Waals surface area contributed by atoms with E-state index in [9.17, 15) is 17.6 Å². The maximum Gasteiger partial charge on any atom is 0.261 e. The van der Waals surface area contributed by atoms with Gasteiger partial charge in [-0.05, 0) is 86.6 Å². The molecule has 0 bridgehead atoms. The lowest BCUT2D eigenvalue weighted by molar-refractivity contribution is -0.121. The van der Waals surface area contributed by atoms with E-state index in [1.165, 1.54) is 18.2 Å². The topological polar surface area (TPSA) is 78.5 Å². The summed E-state index contributed by atoms with van der Waals surface area (Å²) in [6.07, 6.45) is 1.27. The molecule has 0 unspecified atom stereocenters. The van der Waals surface area contributed by atoms with Crippen molar-refractivity contribution in [1.29, 1.82) is 0 Å². The number of anilines is 2. The second-order valence-corrected chi connectivity index (χ2v) is 10.9. The predicted octanol–water partition coefficient (Wildman–Crippen LogP) is 5.78. The number of carbonyl (C=O) groups is 1. The molecule has 3 aromatic carbocycles. The first-order chi connectivity index (χ1) is 16.7. The largest absolute Gasteiger partial charge is 0.326 e. The van der Waals surface area contributed by atoms with Crippen LogP contribution in [0.4, 0.5) is 15.8 Å². The molecule has 0 aliphatic carbocycles. The summed E-state index contributed by atoms with van der Waals surface area (Å²) < 4.78 is 41.8. The van der Waals surface area contributed by atoms with Crippen LogP contribution in [0.5, 0.6) is 0 Å². The number of nitrogens with one attached hydrogen (secondary N) is 2. The summed E-state index contributed by atoms with van der Waals surface area (Å²) in [4.78, 5) is 14.9. The SMILES string of the molecule is O=C(Nc1ccc(S(=O)(=O)Nc2ccc(Cl)cc2)cc1)C1CCN(Cc2c(F)cccc2Cl)CC1. The number of carbonyl (C=O) groups excluding carboxylic acids is 1. The highest BCUT2D eigenvalue weighted by atomic mass is 35.5. The van der Waals surface area contributed by atoms with Gasteiger partial charge in [-0.1, -0.05) is 29.3 Å². The molecule has 3 aromatic rings. The number of hydrogen-bond acceptors (Lipinski definition) is 4. The molecule has 1 saturated heterocycles. The Hall–Kier alpha value is -2.65. The molecule has 35 heavy (non-hydrogen) atoms. The Morgan fingerprint density at radius 3 is 2.20 bits per heavy atom. The lowest BCUT2D eigenvalue weighted by Gasteiger charge is -2.31. The van der Waals surface area contributed by atoms with Crippen molar-refractivity contribution in [2.75, 3.05) is 23.1 Å². The van der Waals surface area contributed by atoms with Gasteiger partial charge in [-0.3, -0.25) is 14.4 Å². The molecule has 6 nitrogen and oxygen atoms in total. The van der Waals surface area contributed by atoms with Gasteiger partial charge in [0.1, 0.15) is 5.82 Å². The Morgan fingerprint density at radius 2 is 1.57 bits per heavy atom. The second kappa shape index (κ2) is 11.0. The highest BCUT2D eigenvalue weighted by Gasteiger charge is 2.26. The highest BCUT2D eigenvalue weighted by molar-refractivity contribution is 7.92. The van der Waals surface area contributed by atoms with Crippen LogP contribution in [0.15, 0.2) is 71.6 Å². The lowest BCUT2D eigenvalue weighted by Crippen LogP contribution is -2.38. The third kappa shape index (κ3) is 6.52. The van der Waals surface area contributed by atoms with Crippen LogP contribution in [0.25, 0.3) is 0 Å². The van der Waals surface area contributed by atoms with Crippen molar-refractivity contribution in [3.63, 3.8) is 0 Å². The number of hydrogen-bond donors (Lipinski definition) is 2. The normalized spacial score (nSPS) is 15.1. The fraction of sp³-hybridized carbons (Fsp3) is 0.240. The van der Waals surface area contributed by atoms with Gasteiger partial charge in [-0.15, -0.1) is 0 Å². The average Bonchev–Trinajstić information content (AvgIpc) is 2.83. The van der Waals surface area contributed by atoms with E-state index < -0.39 is 10.0 Å². The molecule has 0 radical (unpaired) electrons. The summed E-state index contributed by atoms with van der Waals surface area (Å²) in [5.41, 5.74) is 1.38. The van der Waals surface area contributed by atoms with Gasteiger partial charge in [0.15, 0.2) is 0 Å². The van der Waals surface area contributed by atoms with Crippen molar-refractivity contribution in [1.82, 2.24) is 4.90 Å². The van der Waals surface area contributed by atoms with Crippen LogP contribution in [0.1, 0.15) is 18.4 Å². The molecule has 0 saturated carbocycles. The smallest absolute Gasteiger partial charge is 0.261 e. The van der Waals surface area contributed by atoms with Gasteiger partial charge in [0, 0.05) is 39.4 Å². The minimum Gasteiger partial charge on any atom is -0.326 e. The van der Waals surface area contributed by atoms with Crippen LogP contribution >= 0.6 is 23.2 Å². The van der Waals surface area contributed by atoms with Crippen molar-refractivity contribution < 1.29 is 17.6 Å². The van der Waals surface area contributed by atoms with E-state index in [4.69, 9.17) is 23.2 Å². The van der Waals surface area contributed by atoms with E-state index in [-0.39, 0.29) is 22.5 Å². The fourth-order valence-corrected chi connectivity index (χ4v) is 5.36. The minimum absolute atomic E-state index is 0.0746. The van der Waals surface area contributed by atoms with Crippen LogP contribution in [0, 0.1) is 11.7 Å². The Kier molecular flexibility index (Phi) is 7.96. The highest BCUT2D eigenvalue weighted by Crippen LogP contribution is 2.26. The lowest BCUT2D eigenvalue weighted by atomic mass is 9.95. The maximum absolute atomic E-state index is 14.1. The molecule has 4 rings (SSSR count). The number of sulfonamides is 1. The monoisotopic (exact) mass is 535 g/mol. The Morgan fingerprint density at radius 1 is 0.943 bits per heavy atom. The van der Waals surface area contributed by atoms with Crippen molar-refractivity contribution in [2.45, 2.75) is 24.3 Å². The first-order valence-electron chi connectivity index (χ1n) is 11.1. The average molecular weight is 536 g/mol. The third-order valence-corrected chi connectivity index (χ3v) is 7.93. The van der Waals surface area contributed by atoms with Gasteiger partial charge in [-0.25, -0.2) is 12.8 Å². The van der Waals surface area contributed by atoms with Crippen LogP contribution in [-0.4, -0.2) is 32.3 Å². The van der Waals surface area contributed by atoms with Crippen LogP contribution in [-0.2, 0) is 21.4 Å². The van der Waals surface area contributed by atoms with E-state index in [1.807, 2.05) is 0 Å². The zero-order valence-corrected chi connectivity index (χ0v) is 21.0.